The van der Waals surface area contributed by atoms with Gasteiger partial charge in [-0.25, -0.2) is 4.79 Å². The van der Waals surface area contributed by atoms with Gasteiger partial charge in [-0.1, -0.05) is 35.9 Å². The normalized spacial score (nSPS) is 14.4. The first-order chi connectivity index (χ1) is 14.1. The highest BCUT2D eigenvalue weighted by Crippen LogP contribution is 2.31. The van der Waals surface area contributed by atoms with E-state index in [0.717, 1.165) is 27.4 Å². The summed E-state index contributed by atoms with van der Waals surface area (Å²) in [5.74, 6) is -0.304. The Balaban J connectivity index is 1.43. The van der Waals surface area contributed by atoms with Gasteiger partial charge in [0.2, 0.25) is 0 Å². The van der Waals surface area contributed by atoms with E-state index >= 15 is 0 Å². The van der Waals surface area contributed by atoms with E-state index in [2.05, 4.69) is 4.98 Å². The van der Waals surface area contributed by atoms with Gasteiger partial charge in [-0.3, -0.25) is 4.79 Å². The number of carbonyl (C=O) groups is 1. The topological polar surface area (TPSA) is 66.3 Å². The molecule has 0 fully saturated rings. The summed E-state index contributed by atoms with van der Waals surface area (Å²) < 4.78 is 5.31. The lowest BCUT2D eigenvalue weighted by Gasteiger charge is -2.26. The number of benzene rings is 2. The number of carbonyl (C=O) groups excluding carboxylic acids is 1. The van der Waals surface area contributed by atoms with Crippen molar-refractivity contribution in [1.82, 2.24) is 9.88 Å². The number of halogens is 1. The summed E-state index contributed by atoms with van der Waals surface area (Å²) in [4.78, 5) is 30.2. The molecule has 29 heavy (non-hydrogen) atoms. The highest BCUT2D eigenvalue weighted by atomic mass is 35.5. The number of amides is 1. The van der Waals surface area contributed by atoms with Gasteiger partial charge in [0.05, 0.1) is 0 Å². The first-order valence-corrected chi connectivity index (χ1v) is 9.76. The van der Waals surface area contributed by atoms with Crippen LogP contribution in [0.3, 0.4) is 0 Å². The summed E-state index contributed by atoms with van der Waals surface area (Å²) in [6, 6.07) is 14.6. The highest BCUT2D eigenvalue weighted by molar-refractivity contribution is 6.31. The van der Waals surface area contributed by atoms with E-state index in [1.54, 1.807) is 23.1 Å². The van der Waals surface area contributed by atoms with Crippen LogP contribution in [0.2, 0.25) is 5.02 Å². The van der Waals surface area contributed by atoms with Gasteiger partial charge in [0.15, 0.2) is 0 Å². The van der Waals surface area contributed by atoms with Gasteiger partial charge in [0, 0.05) is 46.2 Å². The van der Waals surface area contributed by atoms with Crippen LogP contribution in [0, 0.1) is 0 Å². The van der Waals surface area contributed by atoms with Crippen LogP contribution in [0.4, 0.5) is 0 Å². The molecule has 0 radical (unpaired) electrons. The fourth-order valence-corrected chi connectivity index (χ4v) is 4.01. The fraction of sp³-hybridized carbons (Fsp3) is 0.130. The zero-order valence-electron chi connectivity index (χ0n) is 15.4. The van der Waals surface area contributed by atoms with E-state index in [4.69, 9.17) is 16.0 Å². The molecule has 5 rings (SSSR count). The number of H-pyrrole nitrogens is 1. The molecule has 0 saturated carbocycles. The Kier molecular flexibility index (Phi) is 4.25. The lowest BCUT2D eigenvalue weighted by molar-refractivity contribution is 0.0769. The van der Waals surface area contributed by atoms with Crippen LogP contribution in [-0.4, -0.2) is 28.9 Å². The number of fused-ring (bicyclic) bond motifs is 2. The minimum Gasteiger partial charge on any atom is -0.422 e. The first kappa shape index (κ1) is 17.8. The molecule has 5 nitrogen and oxygen atoms in total. The van der Waals surface area contributed by atoms with E-state index in [-0.39, 0.29) is 11.5 Å². The van der Waals surface area contributed by atoms with Crippen LogP contribution in [0.25, 0.3) is 27.4 Å². The van der Waals surface area contributed by atoms with E-state index < -0.39 is 5.63 Å². The third kappa shape index (κ3) is 3.13. The maximum Gasteiger partial charge on any atom is 0.349 e. The van der Waals surface area contributed by atoms with Crippen molar-refractivity contribution in [1.29, 1.82) is 0 Å². The van der Waals surface area contributed by atoms with Gasteiger partial charge in [-0.05, 0) is 42.3 Å². The van der Waals surface area contributed by atoms with Gasteiger partial charge in [-0.2, -0.15) is 0 Å². The molecular weight excluding hydrogens is 388 g/mol. The van der Waals surface area contributed by atoms with Crippen molar-refractivity contribution in [3.63, 3.8) is 0 Å². The van der Waals surface area contributed by atoms with Crippen LogP contribution < -0.4 is 5.63 Å². The molecule has 3 heterocycles. The molecule has 0 bridgehead atoms. The molecule has 1 N–H and O–H groups in total. The lowest BCUT2D eigenvalue weighted by atomic mass is 9.98. The molecule has 1 aliphatic heterocycles. The SMILES string of the molecule is O=C(c1cc2ccccc2oc1=O)N1CC=C(c2c[nH]c3ccc(Cl)cc23)CC1. The van der Waals surface area contributed by atoms with Crippen LogP contribution in [-0.2, 0) is 0 Å². The molecule has 6 heteroatoms. The highest BCUT2D eigenvalue weighted by Gasteiger charge is 2.23. The number of hydrogen-bond donors (Lipinski definition) is 1. The average Bonchev–Trinajstić information content (AvgIpc) is 3.16. The second kappa shape index (κ2) is 6.94. The minimum atomic E-state index is -0.602. The number of aromatic nitrogens is 1. The van der Waals surface area contributed by atoms with Crippen molar-refractivity contribution in [3.05, 3.63) is 87.4 Å². The second-order valence-electron chi connectivity index (χ2n) is 7.11. The van der Waals surface area contributed by atoms with Crippen molar-refractivity contribution in [2.75, 3.05) is 13.1 Å². The van der Waals surface area contributed by atoms with Gasteiger partial charge in [0.25, 0.3) is 5.91 Å². The summed E-state index contributed by atoms with van der Waals surface area (Å²) in [7, 11) is 0. The number of rotatable bonds is 2. The summed E-state index contributed by atoms with van der Waals surface area (Å²) >= 11 is 6.15. The molecule has 1 aliphatic rings. The predicted octanol–water partition coefficient (Wildman–Crippen LogP) is 4.86. The minimum absolute atomic E-state index is 0.0689. The summed E-state index contributed by atoms with van der Waals surface area (Å²) in [6.07, 6.45) is 4.71. The maximum atomic E-state index is 12.9. The third-order valence-corrected chi connectivity index (χ3v) is 5.59. The molecule has 0 spiro atoms. The Morgan fingerprint density at radius 1 is 1.14 bits per heavy atom. The Hall–Kier alpha value is -3.31. The lowest BCUT2D eigenvalue weighted by Crippen LogP contribution is -2.37. The molecule has 0 atom stereocenters. The van der Waals surface area contributed by atoms with Gasteiger partial charge < -0.3 is 14.3 Å². The van der Waals surface area contributed by atoms with Crippen molar-refractivity contribution in [2.45, 2.75) is 6.42 Å². The average molecular weight is 405 g/mol. The summed E-state index contributed by atoms with van der Waals surface area (Å²) in [6.45, 7) is 0.970. The van der Waals surface area contributed by atoms with Crippen LogP contribution >= 0.6 is 11.6 Å². The van der Waals surface area contributed by atoms with Crippen LogP contribution in [0.5, 0.6) is 0 Å². The van der Waals surface area contributed by atoms with Crippen molar-refractivity contribution in [3.8, 4) is 0 Å². The number of para-hydroxylation sites is 1. The molecule has 4 aromatic rings. The zero-order chi connectivity index (χ0) is 20.0. The van der Waals surface area contributed by atoms with Crippen molar-refractivity contribution in [2.24, 2.45) is 0 Å². The Morgan fingerprint density at radius 2 is 2.00 bits per heavy atom. The first-order valence-electron chi connectivity index (χ1n) is 9.38. The summed E-state index contributed by atoms with van der Waals surface area (Å²) in [5.41, 5.74) is 3.23. The van der Waals surface area contributed by atoms with Crippen molar-refractivity contribution < 1.29 is 9.21 Å². The fourth-order valence-electron chi connectivity index (χ4n) is 3.84. The molecule has 2 aromatic carbocycles. The predicted molar refractivity (Wildman–Crippen MR) is 114 cm³/mol. The number of nitrogens with zero attached hydrogens (tertiary/aromatic N) is 1. The molecule has 0 saturated heterocycles. The molecule has 144 valence electrons. The van der Waals surface area contributed by atoms with Gasteiger partial charge in [0.1, 0.15) is 11.1 Å². The van der Waals surface area contributed by atoms with E-state index in [1.807, 2.05) is 42.6 Å². The molecule has 0 aliphatic carbocycles. The van der Waals surface area contributed by atoms with E-state index in [9.17, 15) is 9.59 Å². The summed E-state index contributed by atoms with van der Waals surface area (Å²) in [5, 5.41) is 2.49. The van der Waals surface area contributed by atoms with E-state index in [0.29, 0.717) is 30.1 Å². The molecule has 2 aromatic heterocycles. The number of aromatic amines is 1. The van der Waals surface area contributed by atoms with Crippen LogP contribution in [0.1, 0.15) is 22.3 Å². The Bertz CT molecular complexity index is 1350. The Morgan fingerprint density at radius 3 is 2.83 bits per heavy atom. The monoisotopic (exact) mass is 404 g/mol. The second-order valence-corrected chi connectivity index (χ2v) is 7.54. The van der Waals surface area contributed by atoms with Crippen LogP contribution in [0.15, 0.2) is 70.0 Å². The Labute approximate surface area is 171 Å². The quantitative estimate of drug-likeness (QED) is 0.485. The molecule has 1 amide bonds. The molecular formula is C23H17ClN2O3. The maximum absolute atomic E-state index is 12.9. The third-order valence-electron chi connectivity index (χ3n) is 5.36. The van der Waals surface area contributed by atoms with Gasteiger partial charge in [-0.15, -0.1) is 0 Å². The van der Waals surface area contributed by atoms with Crippen molar-refractivity contribution >= 4 is 45.0 Å². The standard InChI is InChI=1S/C23H17ClN2O3/c24-16-5-6-20-17(12-16)19(13-25-20)14-7-9-26(10-8-14)22(27)18-11-15-3-1-2-4-21(15)29-23(18)28/h1-7,11-13,25H,8-10H2. The molecule has 0 unspecified atom stereocenters. The smallest absolute Gasteiger partial charge is 0.349 e. The largest absolute Gasteiger partial charge is 0.422 e. The van der Waals surface area contributed by atoms with E-state index in [1.165, 1.54) is 0 Å². The zero-order valence-corrected chi connectivity index (χ0v) is 16.2. The van der Waals surface area contributed by atoms with Gasteiger partial charge >= 0.3 is 5.63 Å². The number of nitrogens with one attached hydrogen (secondary N) is 1. The number of hydrogen-bond acceptors (Lipinski definition) is 3.